The van der Waals surface area contributed by atoms with Crippen LogP contribution in [0.4, 0.5) is 0 Å². The van der Waals surface area contributed by atoms with Crippen molar-refractivity contribution in [1.29, 1.82) is 0 Å². The molecule has 0 aliphatic carbocycles. The Hall–Kier alpha value is -1.05. The van der Waals surface area contributed by atoms with Crippen LogP contribution in [0.25, 0.3) is 0 Å². The summed E-state index contributed by atoms with van der Waals surface area (Å²) >= 11 is 5.10. The third-order valence-electron chi connectivity index (χ3n) is 2.91. The fourth-order valence-corrected chi connectivity index (χ4v) is 2.85. The van der Waals surface area contributed by atoms with E-state index in [1.807, 2.05) is 31.2 Å². The van der Waals surface area contributed by atoms with Crippen molar-refractivity contribution >= 4 is 39.5 Å². The molecule has 0 saturated carbocycles. The van der Waals surface area contributed by atoms with E-state index < -0.39 is 0 Å². The summed E-state index contributed by atoms with van der Waals surface area (Å²) in [5.41, 5.74) is 0. The summed E-state index contributed by atoms with van der Waals surface area (Å²) in [7, 11) is 1.77. The van der Waals surface area contributed by atoms with E-state index in [0.29, 0.717) is 13.1 Å². The SMILES string of the molecule is CCCNC(=O)CN(C)CC(=O)NCCSc1ccc(Br)cc1. The van der Waals surface area contributed by atoms with E-state index in [1.165, 1.54) is 4.90 Å². The summed E-state index contributed by atoms with van der Waals surface area (Å²) in [5, 5.41) is 5.66. The first-order valence-electron chi connectivity index (χ1n) is 7.61. The molecule has 0 aromatic heterocycles. The predicted octanol–water partition coefficient (Wildman–Crippen LogP) is 2.12. The standard InChI is InChI=1S/C16H24BrN3O2S/c1-3-8-18-15(21)11-20(2)12-16(22)19-9-10-23-14-6-4-13(17)5-7-14/h4-7H,3,8-12H2,1-2H3,(H,18,21)(H,19,22). The zero-order chi connectivity index (χ0) is 17.1. The van der Waals surface area contributed by atoms with Crippen molar-refractivity contribution < 1.29 is 9.59 Å². The van der Waals surface area contributed by atoms with Gasteiger partial charge in [0.2, 0.25) is 11.8 Å². The Morgan fingerprint density at radius 1 is 1.09 bits per heavy atom. The van der Waals surface area contributed by atoms with Crippen LogP contribution in [0, 0.1) is 0 Å². The highest BCUT2D eigenvalue weighted by molar-refractivity contribution is 9.10. The average molecular weight is 402 g/mol. The summed E-state index contributed by atoms with van der Waals surface area (Å²) in [6.45, 7) is 3.74. The lowest BCUT2D eigenvalue weighted by Gasteiger charge is -2.15. The normalized spacial score (nSPS) is 10.6. The van der Waals surface area contributed by atoms with Crippen molar-refractivity contribution in [2.24, 2.45) is 0 Å². The molecule has 1 aromatic carbocycles. The van der Waals surface area contributed by atoms with Gasteiger partial charge in [0.25, 0.3) is 0 Å². The molecule has 0 saturated heterocycles. The Balaban J connectivity index is 2.13. The molecule has 0 atom stereocenters. The second-order valence-corrected chi connectivity index (χ2v) is 7.26. The summed E-state index contributed by atoms with van der Waals surface area (Å²) in [6, 6.07) is 8.08. The molecule has 0 fully saturated rings. The molecule has 0 unspecified atom stereocenters. The van der Waals surface area contributed by atoms with Crippen LogP contribution < -0.4 is 10.6 Å². The Morgan fingerprint density at radius 2 is 1.65 bits per heavy atom. The van der Waals surface area contributed by atoms with Crippen molar-refractivity contribution in [3.8, 4) is 0 Å². The minimum Gasteiger partial charge on any atom is -0.355 e. The number of rotatable bonds is 10. The quantitative estimate of drug-likeness (QED) is 0.465. The van der Waals surface area contributed by atoms with E-state index in [4.69, 9.17) is 0 Å². The fraction of sp³-hybridized carbons (Fsp3) is 0.500. The highest BCUT2D eigenvalue weighted by Gasteiger charge is 2.09. The highest BCUT2D eigenvalue weighted by atomic mass is 79.9. The van der Waals surface area contributed by atoms with Crippen LogP contribution >= 0.6 is 27.7 Å². The summed E-state index contributed by atoms with van der Waals surface area (Å²) in [6.07, 6.45) is 0.909. The molecule has 128 valence electrons. The molecule has 5 nitrogen and oxygen atoms in total. The number of thioether (sulfide) groups is 1. The van der Waals surface area contributed by atoms with Gasteiger partial charge in [-0.05, 0) is 37.7 Å². The molecule has 0 radical (unpaired) electrons. The monoisotopic (exact) mass is 401 g/mol. The minimum absolute atomic E-state index is 0.0482. The summed E-state index contributed by atoms with van der Waals surface area (Å²) in [4.78, 5) is 26.2. The first-order valence-corrected chi connectivity index (χ1v) is 9.39. The van der Waals surface area contributed by atoms with E-state index in [2.05, 4.69) is 26.6 Å². The number of nitrogens with one attached hydrogen (secondary N) is 2. The molecule has 7 heteroatoms. The first-order chi connectivity index (χ1) is 11.0. The number of carbonyl (C=O) groups is 2. The van der Waals surface area contributed by atoms with Gasteiger partial charge in [-0.1, -0.05) is 22.9 Å². The van der Waals surface area contributed by atoms with E-state index in [-0.39, 0.29) is 24.9 Å². The lowest BCUT2D eigenvalue weighted by atomic mass is 10.4. The van der Waals surface area contributed by atoms with Crippen LogP contribution in [0.3, 0.4) is 0 Å². The lowest BCUT2D eigenvalue weighted by molar-refractivity contribution is -0.124. The van der Waals surface area contributed by atoms with E-state index in [0.717, 1.165) is 16.6 Å². The van der Waals surface area contributed by atoms with Crippen molar-refractivity contribution in [3.05, 3.63) is 28.7 Å². The molecule has 0 aliphatic heterocycles. The maximum Gasteiger partial charge on any atom is 0.234 e. The smallest absolute Gasteiger partial charge is 0.234 e. The Bertz CT molecular complexity index is 497. The molecular weight excluding hydrogens is 378 g/mol. The van der Waals surface area contributed by atoms with Gasteiger partial charge in [-0.3, -0.25) is 14.5 Å². The Kier molecular flexibility index (Phi) is 9.98. The van der Waals surface area contributed by atoms with Crippen LogP contribution in [-0.2, 0) is 9.59 Å². The zero-order valence-electron chi connectivity index (χ0n) is 13.6. The largest absolute Gasteiger partial charge is 0.355 e. The molecule has 0 spiro atoms. The second kappa shape index (κ2) is 11.5. The molecule has 23 heavy (non-hydrogen) atoms. The van der Waals surface area contributed by atoms with Gasteiger partial charge < -0.3 is 10.6 Å². The number of hydrogen-bond acceptors (Lipinski definition) is 4. The Labute approximate surface area is 150 Å². The number of halogens is 1. The zero-order valence-corrected chi connectivity index (χ0v) is 16.0. The van der Waals surface area contributed by atoms with Crippen LogP contribution in [0.1, 0.15) is 13.3 Å². The van der Waals surface area contributed by atoms with Crippen molar-refractivity contribution in [2.75, 3.05) is 39.0 Å². The molecule has 1 rings (SSSR count). The maximum atomic E-state index is 11.8. The average Bonchev–Trinajstić information content (AvgIpc) is 2.51. The molecule has 2 N–H and O–H groups in total. The minimum atomic E-state index is -0.0628. The topological polar surface area (TPSA) is 61.4 Å². The van der Waals surface area contributed by atoms with Gasteiger partial charge in [-0.15, -0.1) is 11.8 Å². The van der Waals surface area contributed by atoms with Gasteiger partial charge in [0.15, 0.2) is 0 Å². The van der Waals surface area contributed by atoms with Crippen LogP contribution in [-0.4, -0.2) is 55.7 Å². The first kappa shape index (κ1) is 20.0. The molecule has 0 aliphatic rings. The number of amides is 2. The Morgan fingerprint density at radius 3 is 2.22 bits per heavy atom. The van der Waals surface area contributed by atoms with Gasteiger partial charge in [0.05, 0.1) is 13.1 Å². The molecule has 0 heterocycles. The third kappa shape index (κ3) is 9.63. The van der Waals surface area contributed by atoms with E-state index >= 15 is 0 Å². The van der Waals surface area contributed by atoms with Crippen molar-refractivity contribution in [2.45, 2.75) is 18.2 Å². The maximum absolute atomic E-state index is 11.8. The number of nitrogens with zero attached hydrogens (tertiary/aromatic N) is 1. The number of carbonyl (C=O) groups excluding carboxylic acids is 2. The number of likely N-dealkylation sites (N-methyl/N-ethyl adjacent to an activating group) is 1. The van der Waals surface area contributed by atoms with Gasteiger partial charge in [0, 0.05) is 28.2 Å². The van der Waals surface area contributed by atoms with Crippen molar-refractivity contribution in [1.82, 2.24) is 15.5 Å². The van der Waals surface area contributed by atoms with Gasteiger partial charge in [-0.2, -0.15) is 0 Å². The lowest BCUT2D eigenvalue weighted by Crippen LogP contribution is -2.41. The van der Waals surface area contributed by atoms with E-state index in [9.17, 15) is 9.59 Å². The van der Waals surface area contributed by atoms with Crippen molar-refractivity contribution in [3.63, 3.8) is 0 Å². The van der Waals surface area contributed by atoms with Crippen LogP contribution in [0.15, 0.2) is 33.6 Å². The van der Waals surface area contributed by atoms with Gasteiger partial charge in [0.1, 0.15) is 0 Å². The number of hydrogen-bond donors (Lipinski definition) is 2. The molecule has 0 bridgehead atoms. The van der Waals surface area contributed by atoms with Gasteiger partial charge in [-0.25, -0.2) is 0 Å². The van der Waals surface area contributed by atoms with Crippen LogP contribution in [0.2, 0.25) is 0 Å². The third-order valence-corrected chi connectivity index (χ3v) is 4.45. The molecule has 2 amide bonds. The molecule has 1 aromatic rings. The van der Waals surface area contributed by atoms with Gasteiger partial charge >= 0.3 is 0 Å². The predicted molar refractivity (Wildman–Crippen MR) is 98.7 cm³/mol. The fourth-order valence-electron chi connectivity index (χ4n) is 1.81. The molecular formula is C16H24BrN3O2S. The summed E-state index contributed by atoms with van der Waals surface area (Å²) in [5.74, 6) is 0.703. The number of benzene rings is 1. The van der Waals surface area contributed by atoms with Crippen LogP contribution in [0.5, 0.6) is 0 Å². The second-order valence-electron chi connectivity index (χ2n) is 5.17. The summed E-state index contributed by atoms with van der Waals surface area (Å²) < 4.78 is 1.06. The highest BCUT2D eigenvalue weighted by Crippen LogP contribution is 2.19. The van der Waals surface area contributed by atoms with E-state index in [1.54, 1.807) is 23.7 Å².